The molecule has 36 heavy (non-hydrogen) atoms. The molecule has 0 N–H and O–H groups in total. The van der Waals surface area contributed by atoms with Crippen molar-refractivity contribution in [1.82, 2.24) is 0 Å². The fourth-order valence-electron chi connectivity index (χ4n) is 3.77. The van der Waals surface area contributed by atoms with Crippen molar-refractivity contribution in [3.05, 3.63) is 95.6 Å². The minimum Gasteiger partial charge on any atom is -0.395 e. The van der Waals surface area contributed by atoms with E-state index in [0.717, 1.165) is 19.3 Å². The average molecular weight is 509 g/mol. The van der Waals surface area contributed by atoms with Gasteiger partial charge in [0.15, 0.2) is 0 Å². The molecule has 4 nitrogen and oxygen atoms in total. The number of phosphoric ester groups is 1. The summed E-state index contributed by atoms with van der Waals surface area (Å²) in [6, 6.07) is 25.0. The lowest BCUT2D eigenvalue weighted by Crippen LogP contribution is -2.20. The van der Waals surface area contributed by atoms with Crippen molar-refractivity contribution in [3.8, 4) is 11.5 Å². The zero-order valence-electron chi connectivity index (χ0n) is 22.6. The summed E-state index contributed by atoms with van der Waals surface area (Å²) in [5.41, 5.74) is 4.22. The lowest BCUT2D eigenvalue weighted by atomic mass is 9.75. The van der Waals surface area contributed by atoms with Gasteiger partial charge in [0.25, 0.3) is 0 Å². The SMILES string of the molecule is CCC(C)(C)c1cc(CCCOP(=O)(Oc2ccccc2)Oc2ccccc2)cc(C(C)(C)CC)c1. The van der Waals surface area contributed by atoms with Gasteiger partial charge in [0.1, 0.15) is 11.5 Å². The fraction of sp³-hybridized carbons (Fsp3) is 0.419. The maximum absolute atomic E-state index is 13.5. The molecule has 5 heteroatoms. The summed E-state index contributed by atoms with van der Waals surface area (Å²) in [7, 11) is -3.87. The minimum atomic E-state index is -3.87. The number of rotatable bonds is 13. The Labute approximate surface area is 217 Å². The zero-order chi connectivity index (χ0) is 26.2. The smallest absolute Gasteiger partial charge is 0.395 e. The molecule has 0 atom stereocenters. The highest BCUT2D eigenvalue weighted by molar-refractivity contribution is 7.49. The summed E-state index contributed by atoms with van der Waals surface area (Å²) in [6.07, 6.45) is 3.66. The molecule has 0 fully saturated rings. The van der Waals surface area contributed by atoms with Crippen LogP contribution in [0, 0.1) is 0 Å². The number of phosphoric acid groups is 1. The number of benzene rings is 3. The van der Waals surface area contributed by atoms with E-state index in [1.165, 1.54) is 16.7 Å². The zero-order valence-corrected chi connectivity index (χ0v) is 23.5. The number of para-hydroxylation sites is 2. The van der Waals surface area contributed by atoms with Crippen LogP contribution < -0.4 is 9.05 Å². The predicted molar refractivity (Wildman–Crippen MR) is 149 cm³/mol. The van der Waals surface area contributed by atoms with Gasteiger partial charge in [-0.3, -0.25) is 4.52 Å². The van der Waals surface area contributed by atoms with Gasteiger partial charge in [-0.05, 0) is 77.5 Å². The van der Waals surface area contributed by atoms with Crippen LogP contribution in [-0.4, -0.2) is 6.61 Å². The molecule has 0 amide bonds. The van der Waals surface area contributed by atoms with Crippen LogP contribution in [0.3, 0.4) is 0 Å². The maximum atomic E-state index is 13.5. The molecule has 0 aliphatic carbocycles. The van der Waals surface area contributed by atoms with Gasteiger partial charge in [-0.25, -0.2) is 4.57 Å². The molecule has 0 aliphatic heterocycles. The van der Waals surface area contributed by atoms with Crippen molar-refractivity contribution in [2.24, 2.45) is 0 Å². The van der Waals surface area contributed by atoms with Crippen molar-refractivity contribution in [3.63, 3.8) is 0 Å². The van der Waals surface area contributed by atoms with Gasteiger partial charge in [0.05, 0.1) is 6.61 Å². The van der Waals surface area contributed by atoms with Gasteiger partial charge in [-0.2, -0.15) is 0 Å². The fourth-order valence-corrected chi connectivity index (χ4v) is 5.03. The summed E-state index contributed by atoms with van der Waals surface area (Å²) in [4.78, 5) is 0. The average Bonchev–Trinajstić information content (AvgIpc) is 2.87. The van der Waals surface area contributed by atoms with E-state index in [1.807, 2.05) is 36.4 Å². The third-order valence-corrected chi connectivity index (χ3v) is 8.47. The Bertz CT molecular complexity index is 1060. The molecule has 194 valence electrons. The number of aryl methyl sites for hydroxylation is 1. The Morgan fingerprint density at radius 2 is 1.14 bits per heavy atom. The van der Waals surface area contributed by atoms with Crippen molar-refractivity contribution in [2.45, 2.75) is 78.1 Å². The number of hydrogen-bond acceptors (Lipinski definition) is 4. The Balaban J connectivity index is 1.74. The molecule has 0 spiro atoms. The highest BCUT2D eigenvalue weighted by Gasteiger charge is 2.31. The number of hydrogen-bond donors (Lipinski definition) is 0. The molecule has 3 aromatic rings. The topological polar surface area (TPSA) is 44.8 Å². The Kier molecular flexibility index (Phi) is 9.44. The second-order valence-electron chi connectivity index (χ2n) is 10.6. The van der Waals surface area contributed by atoms with Gasteiger partial charge in [-0.1, -0.05) is 96.1 Å². The molecular weight excluding hydrogens is 467 g/mol. The summed E-state index contributed by atoms with van der Waals surface area (Å²) < 4.78 is 30.8. The monoisotopic (exact) mass is 508 g/mol. The van der Waals surface area contributed by atoms with Crippen LogP contribution in [0.5, 0.6) is 11.5 Å². The largest absolute Gasteiger partial charge is 0.587 e. The van der Waals surface area contributed by atoms with Gasteiger partial charge in [0, 0.05) is 0 Å². The van der Waals surface area contributed by atoms with Crippen LogP contribution >= 0.6 is 7.82 Å². The molecule has 0 aromatic heterocycles. The van der Waals surface area contributed by atoms with Crippen molar-refractivity contribution < 1.29 is 18.1 Å². The van der Waals surface area contributed by atoms with E-state index >= 15 is 0 Å². The second kappa shape index (κ2) is 12.1. The first-order chi connectivity index (χ1) is 17.1. The molecule has 3 rings (SSSR count). The minimum absolute atomic E-state index is 0.105. The highest BCUT2D eigenvalue weighted by atomic mass is 31.2. The Morgan fingerprint density at radius 1 is 0.694 bits per heavy atom. The van der Waals surface area contributed by atoms with Crippen molar-refractivity contribution in [1.29, 1.82) is 0 Å². The van der Waals surface area contributed by atoms with Gasteiger partial charge in [0.2, 0.25) is 0 Å². The molecule has 0 unspecified atom stereocenters. The third-order valence-electron chi connectivity index (χ3n) is 7.10. The first-order valence-corrected chi connectivity index (χ1v) is 14.4. The van der Waals surface area contributed by atoms with E-state index in [0.29, 0.717) is 17.9 Å². The molecule has 0 saturated carbocycles. The quantitative estimate of drug-likeness (QED) is 0.170. The van der Waals surface area contributed by atoms with Gasteiger partial charge >= 0.3 is 7.82 Å². The van der Waals surface area contributed by atoms with Gasteiger partial charge in [-0.15, -0.1) is 0 Å². The van der Waals surface area contributed by atoms with E-state index in [2.05, 4.69) is 59.7 Å². The normalized spacial score (nSPS) is 12.4. The standard InChI is InChI=1S/C31H41O4P/c1-7-30(3,4)26-22-25(23-27(24-26)31(5,6)8-2)16-15-21-33-36(32,34-28-17-11-9-12-18-28)35-29-19-13-10-14-20-29/h9-14,17-20,22-24H,7-8,15-16,21H2,1-6H3. The molecule has 0 bridgehead atoms. The van der Waals surface area contributed by atoms with Crippen molar-refractivity contribution in [2.75, 3.05) is 6.61 Å². The molecule has 3 aromatic carbocycles. The van der Waals surface area contributed by atoms with Crippen LogP contribution in [0.25, 0.3) is 0 Å². The van der Waals surface area contributed by atoms with Crippen LogP contribution in [0.2, 0.25) is 0 Å². The van der Waals surface area contributed by atoms with E-state index in [-0.39, 0.29) is 17.4 Å². The predicted octanol–water partition coefficient (Wildman–Crippen LogP) is 9.28. The van der Waals surface area contributed by atoms with E-state index in [9.17, 15) is 4.57 Å². The molecule has 0 heterocycles. The lowest BCUT2D eigenvalue weighted by Gasteiger charge is -2.29. The molecule has 0 saturated heterocycles. The van der Waals surface area contributed by atoms with Crippen LogP contribution in [-0.2, 0) is 26.3 Å². The molecular formula is C31H41O4P. The van der Waals surface area contributed by atoms with Gasteiger partial charge < -0.3 is 9.05 Å². The van der Waals surface area contributed by atoms with Crippen LogP contribution in [0.4, 0.5) is 0 Å². The van der Waals surface area contributed by atoms with Crippen LogP contribution in [0.1, 0.15) is 77.5 Å². The Hall–Kier alpha value is -2.55. The summed E-state index contributed by atoms with van der Waals surface area (Å²) in [5, 5.41) is 0. The van der Waals surface area contributed by atoms with E-state index < -0.39 is 7.82 Å². The van der Waals surface area contributed by atoms with E-state index in [1.54, 1.807) is 24.3 Å². The lowest BCUT2D eigenvalue weighted by molar-refractivity contribution is 0.207. The second-order valence-corrected chi connectivity index (χ2v) is 12.1. The van der Waals surface area contributed by atoms with Crippen LogP contribution in [0.15, 0.2) is 78.9 Å². The first kappa shape index (κ1) is 28.0. The third kappa shape index (κ3) is 7.72. The van der Waals surface area contributed by atoms with E-state index in [4.69, 9.17) is 13.6 Å². The summed E-state index contributed by atoms with van der Waals surface area (Å²) in [5.74, 6) is 0.885. The maximum Gasteiger partial charge on any atom is 0.587 e. The highest BCUT2D eigenvalue weighted by Crippen LogP contribution is 2.49. The summed E-state index contributed by atoms with van der Waals surface area (Å²) >= 11 is 0. The van der Waals surface area contributed by atoms with Crippen molar-refractivity contribution >= 4 is 7.82 Å². The molecule has 0 aliphatic rings. The first-order valence-electron chi connectivity index (χ1n) is 13.0. The summed E-state index contributed by atoms with van der Waals surface area (Å²) in [6.45, 7) is 13.9. The Morgan fingerprint density at radius 3 is 1.56 bits per heavy atom. The molecule has 0 radical (unpaired) electrons.